The predicted octanol–water partition coefficient (Wildman–Crippen LogP) is 0.664. The minimum Gasteiger partial charge on any atom is -0.395 e. The summed E-state index contributed by atoms with van der Waals surface area (Å²) in [6.45, 7) is 0.346. The van der Waals surface area contributed by atoms with Gasteiger partial charge in [0.1, 0.15) is 6.42 Å². The predicted molar refractivity (Wildman–Crippen MR) is 51.3 cm³/mol. The number of nitriles is 1. The van der Waals surface area contributed by atoms with Crippen LogP contribution in [0.5, 0.6) is 0 Å². The van der Waals surface area contributed by atoms with E-state index in [4.69, 9.17) is 10.4 Å². The summed E-state index contributed by atoms with van der Waals surface area (Å²) in [7, 11) is 0. The third-order valence-corrected chi connectivity index (χ3v) is 2.66. The molecule has 78 valence electrons. The molecule has 4 heteroatoms. The lowest BCUT2D eigenvalue weighted by Crippen LogP contribution is -2.40. The average Bonchev–Trinajstić information content (AvgIpc) is 2.67. The van der Waals surface area contributed by atoms with E-state index >= 15 is 0 Å². The summed E-state index contributed by atoms with van der Waals surface area (Å²) < 4.78 is 0. The SMILES string of the molecule is N#CCC(=O)N(CCO)C1CCCC1. The molecule has 1 aliphatic rings. The first-order valence-electron chi connectivity index (χ1n) is 5.07. The van der Waals surface area contributed by atoms with E-state index < -0.39 is 0 Å². The maximum Gasteiger partial charge on any atom is 0.237 e. The maximum absolute atomic E-state index is 11.5. The first kappa shape index (κ1) is 11.0. The van der Waals surface area contributed by atoms with Crippen LogP contribution in [-0.4, -0.2) is 35.1 Å². The Hall–Kier alpha value is -1.08. The number of hydrogen-bond acceptors (Lipinski definition) is 3. The van der Waals surface area contributed by atoms with Gasteiger partial charge >= 0.3 is 0 Å². The van der Waals surface area contributed by atoms with E-state index in [2.05, 4.69) is 0 Å². The molecule has 1 N–H and O–H groups in total. The van der Waals surface area contributed by atoms with E-state index in [0.29, 0.717) is 6.54 Å². The molecule has 0 atom stereocenters. The Labute approximate surface area is 84.1 Å². The van der Waals surface area contributed by atoms with Crippen LogP contribution in [0.3, 0.4) is 0 Å². The molecule has 0 heterocycles. The van der Waals surface area contributed by atoms with E-state index in [-0.39, 0.29) is 25.0 Å². The summed E-state index contributed by atoms with van der Waals surface area (Å²) in [5.41, 5.74) is 0. The van der Waals surface area contributed by atoms with Crippen LogP contribution in [0.4, 0.5) is 0 Å². The van der Waals surface area contributed by atoms with Gasteiger partial charge in [-0.25, -0.2) is 0 Å². The van der Waals surface area contributed by atoms with Crippen LogP contribution in [0.15, 0.2) is 0 Å². The molecule has 1 rings (SSSR count). The summed E-state index contributed by atoms with van der Waals surface area (Å²) in [6.07, 6.45) is 4.24. The number of aliphatic hydroxyl groups excluding tert-OH is 1. The van der Waals surface area contributed by atoms with Gasteiger partial charge in [0.25, 0.3) is 0 Å². The molecule has 1 fully saturated rings. The van der Waals surface area contributed by atoms with Crippen molar-refractivity contribution in [2.45, 2.75) is 38.1 Å². The zero-order valence-corrected chi connectivity index (χ0v) is 8.28. The largest absolute Gasteiger partial charge is 0.395 e. The van der Waals surface area contributed by atoms with Gasteiger partial charge in [0.2, 0.25) is 5.91 Å². The van der Waals surface area contributed by atoms with Crippen molar-refractivity contribution < 1.29 is 9.90 Å². The van der Waals surface area contributed by atoms with Crippen molar-refractivity contribution in [2.24, 2.45) is 0 Å². The molecule has 14 heavy (non-hydrogen) atoms. The van der Waals surface area contributed by atoms with E-state index in [0.717, 1.165) is 25.7 Å². The van der Waals surface area contributed by atoms with Crippen molar-refractivity contribution in [3.05, 3.63) is 0 Å². The summed E-state index contributed by atoms with van der Waals surface area (Å²) >= 11 is 0. The van der Waals surface area contributed by atoms with Crippen LogP contribution in [0.1, 0.15) is 32.1 Å². The number of hydrogen-bond donors (Lipinski definition) is 1. The molecule has 0 radical (unpaired) electrons. The first-order valence-corrected chi connectivity index (χ1v) is 5.07. The molecule has 0 aromatic heterocycles. The van der Waals surface area contributed by atoms with Crippen LogP contribution in [0, 0.1) is 11.3 Å². The zero-order chi connectivity index (χ0) is 10.4. The molecule has 0 aromatic carbocycles. The lowest BCUT2D eigenvalue weighted by atomic mass is 10.2. The second-order valence-electron chi connectivity index (χ2n) is 3.58. The van der Waals surface area contributed by atoms with Crippen LogP contribution in [0.25, 0.3) is 0 Å². The van der Waals surface area contributed by atoms with Gasteiger partial charge in [-0.1, -0.05) is 12.8 Å². The van der Waals surface area contributed by atoms with Gasteiger partial charge in [-0.05, 0) is 12.8 Å². The van der Waals surface area contributed by atoms with Crippen molar-refractivity contribution in [3.8, 4) is 6.07 Å². The standard InChI is InChI=1S/C10H16N2O2/c11-6-5-10(14)12(7-8-13)9-3-1-2-4-9/h9,13H,1-5,7-8H2. The summed E-state index contributed by atoms with van der Waals surface area (Å²) in [4.78, 5) is 13.2. The maximum atomic E-state index is 11.5. The molecule has 1 saturated carbocycles. The topological polar surface area (TPSA) is 64.3 Å². The Morgan fingerprint density at radius 2 is 2.14 bits per heavy atom. The van der Waals surface area contributed by atoms with E-state index in [1.165, 1.54) is 0 Å². The van der Waals surface area contributed by atoms with Gasteiger partial charge in [-0.15, -0.1) is 0 Å². The van der Waals surface area contributed by atoms with E-state index in [1.807, 2.05) is 6.07 Å². The van der Waals surface area contributed by atoms with Crippen molar-refractivity contribution >= 4 is 5.91 Å². The first-order chi connectivity index (χ1) is 6.79. The molecule has 0 spiro atoms. The lowest BCUT2D eigenvalue weighted by molar-refractivity contribution is -0.132. The Balaban J connectivity index is 2.53. The number of nitrogens with zero attached hydrogens (tertiary/aromatic N) is 2. The molecule has 1 aliphatic carbocycles. The molecule has 0 aliphatic heterocycles. The van der Waals surface area contributed by atoms with Crippen LogP contribution in [-0.2, 0) is 4.79 Å². The van der Waals surface area contributed by atoms with Crippen LogP contribution < -0.4 is 0 Å². The van der Waals surface area contributed by atoms with Crippen molar-refractivity contribution in [1.29, 1.82) is 5.26 Å². The summed E-state index contributed by atoms with van der Waals surface area (Å²) in [5.74, 6) is -0.145. The van der Waals surface area contributed by atoms with Gasteiger partial charge in [-0.2, -0.15) is 5.26 Å². The number of aliphatic hydroxyl groups is 1. The third-order valence-electron chi connectivity index (χ3n) is 2.66. The van der Waals surface area contributed by atoms with Crippen molar-refractivity contribution in [1.82, 2.24) is 4.90 Å². The second-order valence-corrected chi connectivity index (χ2v) is 3.58. The number of amides is 1. The van der Waals surface area contributed by atoms with Gasteiger partial charge in [0, 0.05) is 12.6 Å². The molecule has 0 saturated heterocycles. The van der Waals surface area contributed by atoms with E-state index in [9.17, 15) is 4.79 Å². The average molecular weight is 196 g/mol. The van der Waals surface area contributed by atoms with Crippen LogP contribution in [0.2, 0.25) is 0 Å². The van der Waals surface area contributed by atoms with Gasteiger partial charge in [-0.3, -0.25) is 4.79 Å². The number of carbonyl (C=O) groups excluding carboxylic acids is 1. The van der Waals surface area contributed by atoms with Gasteiger partial charge in [0.15, 0.2) is 0 Å². The molecule has 1 amide bonds. The van der Waals surface area contributed by atoms with E-state index in [1.54, 1.807) is 4.90 Å². The summed E-state index contributed by atoms with van der Waals surface area (Å²) in [5, 5.41) is 17.3. The Morgan fingerprint density at radius 1 is 1.50 bits per heavy atom. The van der Waals surface area contributed by atoms with Crippen LogP contribution >= 0.6 is 0 Å². The fourth-order valence-corrected chi connectivity index (χ4v) is 2.00. The molecule has 0 unspecified atom stereocenters. The van der Waals surface area contributed by atoms with Crippen molar-refractivity contribution in [3.63, 3.8) is 0 Å². The Morgan fingerprint density at radius 3 is 2.64 bits per heavy atom. The molecular weight excluding hydrogens is 180 g/mol. The van der Waals surface area contributed by atoms with Gasteiger partial charge < -0.3 is 10.0 Å². The highest BCUT2D eigenvalue weighted by atomic mass is 16.3. The molecule has 4 nitrogen and oxygen atoms in total. The van der Waals surface area contributed by atoms with Crippen molar-refractivity contribution in [2.75, 3.05) is 13.2 Å². The minimum atomic E-state index is -0.145. The third kappa shape index (κ3) is 2.71. The molecular formula is C10H16N2O2. The fraction of sp³-hybridized carbons (Fsp3) is 0.800. The molecule has 0 aromatic rings. The highest BCUT2D eigenvalue weighted by Gasteiger charge is 2.25. The zero-order valence-electron chi connectivity index (χ0n) is 8.28. The molecule has 0 bridgehead atoms. The Bertz CT molecular complexity index is 229. The lowest BCUT2D eigenvalue weighted by Gasteiger charge is -2.27. The number of rotatable bonds is 4. The minimum absolute atomic E-state index is 0.0202. The number of carbonyl (C=O) groups is 1. The second kappa shape index (κ2) is 5.61. The summed E-state index contributed by atoms with van der Waals surface area (Å²) in [6, 6.07) is 2.11. The normalized spacial score (nSPS) is 16.6. The monoisotopic (exact) mass is 196 g/mol. The fourth-order valence-electron chi connectivity index (χ4n) is 2.00. The highest BCUT2D eigenvalue weighted by Crippen LogP contribution is 2.23. The quantitative estimate of drug-likeness (QED) is 0.718. The highest BCUT2D eigenvalue weighted by molar-refractivity contribution is 5.78. The smallest absolute Gasteiger partial charge is 0.237 e. The van der Waals surface area contributed by atoms with Gasteiger partial charge in [0.05, 0.1) is 12.7 Å². The Kier molecular flexibility index (Phi) is 4.41.